The highest BCUT2D eigenvalue weighted by Crippen LogP contribution is 2.21. The zero-order valence-electron chi connectivity index (χ0n) is 11.3. The Bertz CT molecular complexity index is 633. The highest BCUT2D eigenvalue weighted by molar-refractivity contribution is 5.94. The first kappa shape index (κ1) is 14.2. The number of benzene rings is 1. The van der Waals surface area contributed by atoms with E-state index in [1.54, 1.807) is 20.8 Å². The number of rotatable bonds is 3. The molecule has 1 N–H and O–H groups in total. The van der Waals surface area contributed by atoms with Gasteiger partial charge in [-0.15, -0.1) is 0 Å². The minimum absolute atomic E-state index is 0.330. The Morgan fingerprint density at radius 3 is 2.65 bits per heavy atom. The number of hydrogen-bond donors (Lipinski definition) is 1. The number of halogens is 2. The number of aryl methyl sites for hydroxylation is 2. The minimum Gasteiger partial charge on any atom is -0.361 e. The average Bonchev–Trinajstić information content (AvgIpc) is 2.72. The van der Waals surface area contributed by atoms with Crippen LogP contribution in [-0.2, 0) is 0 Å². The zero-order valence-corrected chi connectivity index (χ0v) is 11.3. The maximum absolute atomic E-state index is 13.5. The summed E-state index contributed by atoms with van der Waals surface area (Å²) in [4.78, 5) is 12.0. The molecule has 0 radical (unpaired) electrons. The monoisotopic (exact) mass is 280 g/mol. The van der Waals surface area contributed by atoms with Crippen LogP contribution in [0.4, 0.5) is 8.78 Å². The van der Waals surface area contributed by atoms with Crippen LogP contribution in [0.2, 0.25) is 0 Å². The molecule has 6 heteroatoms. The van der Waals surface area contributed by atoms with Gasteiger partial charge in [0.1, 0.15) is 5.76 Å². The van der Waals surface area contributed by atoms with Crippen LogP contribution < -0.4 is 5.32 Å². The Morgan fingerprint density at radius 2 is 2.05 bits per heavy atom. The van der Waals surface area contributed by atoms with Gasteiger partial charge in [0.15, 0.2) is 11.6 Å². The van der Waals surface area contributed by atoms with Crippen LogP contribution in [0.25, 0.3) is 0 Å². The maximum atomic E-state index is 13.5. The number of nitrogens with one attached hydrogen (secondary N) is 1. The highest BCUT2D eigenvalue weighted by atomic mass is 19.2. The Morgan fingerprint density at radius 1 is 1.35 bits per heavy atom. The van der Waals surface area contributed by atoms with E-state index in [1.165, 1.54) is 12.1 Å². The largest absolute Gasteiger partial charge is 0.361 e. The zero-order chi connectivity index (χ0) is 14.9. The topological polar surface area (TPSA) is 55.1 Å². The second kappa shape index (κ2) is 5.40. The van der Waals surface area contributed by atoms with Crippen molar-refractivity contribution in [2.24, 2.45) is 0 Å². The van der Waals surface area contributed by atoms with E-state index < -0.39 is 23.6 Å². The van der Waals surface area contributed by atoms with Gasteiger partial charge in [-0.1, -0.05) is 11.2 Å². The Hall–Kier alpha value is -2.24. The second-order valence-corrected chi connectivity index (χ2v) is 4.53. The lowest BCUT2D eigenvalue weighted by Crippen LogP contribution is -2.28. The number of carbonyl (C=O) groups excluding carboxylic acids is 1. The van der Waals surface area contributed by atoms with E-state index in [-0.39, 0.29) is 5.56 Å². The fourth-order valence-electron chi connectivity index (χ4n) is 2.13. The number of carbonyl (C=O) groups is 1. The number of nitrogens with zero attached hydrogens (tertiary/aromatic N) is 1. The van der Waals surface area contributed by atoms with Gasteiger partial charge in [0.25, 0.3) is 5.91 Å². The van der Waals surface area contributed by atoms with Crippen molar-refractivity contribution in [3.8, 4) is 0 Å². The van der Waals surface area contributed by atoms with Gasteiger partial charge in [0, 0.05) is 5.56 Å². The summed E-state index contributed by atoms with van der Waals surface area (Å²) in [6.45, 7) is 5.19. The first-order chi connectivity index (χ1) is 9.41. The molecule has 1 amide bonds. The smallest absolute Gasteiger partial charge is 0.254 e. The molecule has 1 atom stereocenters. The van der Waals surface area contributed by atoms with Crippen LogP contribution in [-0.4, -0.2) is 11.1 Å². The maximum Gasteiger partial charge on any atom is 0.254 e. The van der Waals surface area contributed by atoms with E-state index in [4.69, 9.17) is 4.52 Å². The average molecular weight is 280 g/mol. The van der Waals surface area contributed by atoms with Crippen molar-refractivity contribution in [3.63, 3.8) is 0 Å². The van der Waals surface area contributed by atoms with Crippen LogP contribution in [0.5, 0.6) is 0 Å². The first-order valence-electron chi connectivity index (χ1n) is 6.09. The van der Waals surface area contributed by atoms with E-state index in [0.29, 0.717) is 11.5 Å². The summed E-state index contributed by atoms with van der Waals surface area (Å²) >= 11 is 0. The lowest BCUT2D eigenvalue weighted by molar-refractivity contribution is 0.0934. The van der Waals surface area contributed by atoms with E-state index in [9.17, 15) is 13.6 Å². The third-order valence-electron chi connectivity index (χ3n) is 3.07. The molecule has 1 aromatic heterocycles. The van der Waals surface area contributed by atoms with Crippen molar-refractivity contribution >= 4 is 5.91 Å². The molecule has 0 saturated heterocycles. The molecule has 0 aliphatic carbocycles. The standard InChI is InChI=1S/C14H14F2N2O2/c1-7(12-8(2)18-20-9(12)3)17-14(19)10-5-4-6-11(15)13(10)16/h4-7H,1-3H3,(H,17,19). The molecule has 0 fully saturated rings. The molecule has 1 unspecified atom stereocenters. The van der Waals surface area contributed by atoms with E-state index in [2.05, 4.69) is 10.5 Å². The van der Waals surface area contributed by atoms with Crippen molar-refractivity contribution in [2.75, 3.05) is 0 Å². The molecule has 0 aliphatic rings. The summed E-state index contributed by atoms with van der Waals surface area (Å²) in [5, 5.41) is 6.39. The fraction of sp³-hybridized carbons (Fsp3) is 0.286. The van der Waals surface area contributed by atoms with Gasteiger partial charge in [0.05, 0.1) is 17.3 Å². The molecule has 106 valence electrons. The molecule has 0 spiro atoms. The van der Waals surface area contributed by atoms with Crippen LogP contribution in [0, 0.1) is 25.5 Å². The van der Waals surface area contributed by atoms with Gasteiger partial charge in [0.2, 0.25) is 0 Å². The minimum atomic E-state index is -1.16. The first-order valence-corrected chi connectivity index (χ1v) is 6.09. The summed E-state index contributed by atoms with van der Waals surface area (Å²) in [5.74, 6) is -2.32. The van der Waals surface area contributed by atoms with Gasteiger partial charge in [-0.3, -0.25) is 4.79 Å². The molecule has 4 nitrogen and oxygen atoms in total. The highest BCUT2D eigenvalue weighted by Gasteiger charge is 2.21. The molecule has 2 aromatic rings. The quantitative estimate of drug-likeness (QED) is 0.940. The molecule has 1 aromatic carbocycles. The van der Waals surface area contributed by atoms with Crippen molar-refractivity contribution in [2.45, 2.75) is 26.8 Å². The third-order valence-corrected chi connectivity index (χ3v) is 3.07. The fourth-order valence-corrected chi connectivity index (χ4v) is 2.13. The molecule has 0 saturated carbocycles. The normalized spacial score (nSPS) is 12.2. The summed E-state index contributed by atoms with van der Waals surface area (Å²) in [6, 6.07) is 3.06. The van der Waals surface area contributed by atoms with Crippen molar-refractivity contribution < 1.29 is 18.1 Å². The Kier molecular flexibility index (Phi) is 3.83. The summed E-state index contributed by atoms with van der Waals surface area (Å²) in [6.07, 6.45) is 0. The van der Waals surface area contributed by atoms with Crippen molar-refractivity contribution in [1.29, 1.82) is 0 Å². The third kappa shape index (κ3) is 2.54. The molecule has 1 heterocycles. The summed E-state index contributed by atoms with van der Waals surface area (Å²) in [5.41, 5.74) is 1.05. The van der Waals surface area contributed by atoms with E-state index in [0.717, 1.165) is 11.6 Å². The van der Waals surface area contributed by atoms with Gasteiger partial charge in [-0.25, -0.2) is 8.78 Å². The molecule has 20 heavy (non-hydrogen) atoms. The Balaban J connectivity index is 2.22. The van der Waals surface area contributed by atoms with Crippen molar-refractivity contribution in [3.05, 3.63) is 52.4 Å². The number of amides is 1. The summed E-state index contributed by atoms with van der Waals surface area (Å²) < 4.78 is 31.6. The molecule has 0 bridgehead atoms. The summed E-state index contributed by atoms with van der Waals surface area (Å²) in [7, 11) is 0. The molecule has 0 aliphatic heterocycles. The lowest BCUT2D eigenvalue weighted by Gasteiger charge is -2.14. The predicted molar refractivity (Wildman–Crippen MR) is 68.2 cm³/mol. The SMILES string of the molecule is Cc1noc(C)c1C(C)NC(=O)c1cccc(F)c1F. The van der Waals surface area contributed by atoms with Crippen LogP contribution in [0.15, 0.2) is 22.7 Å². The Labute approximate surface area is 114 Å². The number of hydrogen-bond acceptors (Lipinski definition) is 3. The van der Waals surface area contributed by atoms with E-state index >= 15 is 0 Å². The van der Waals surface area contributed by atoms with Gasteiger partial charge in [-0.05, 0) is 32.9 Å². The van der Waals surface area contributed by atoms with Crippen molar-refractivity contribution in [1.82, 2.24) is 10.5 Å². The van der Waals surface area contributed by atoms with E-state index in [1.807, 2.05) is 0 Å². The van der Waals surface area contributed by atoms with Gasteiger partial charge >= 0.3 is 0 Å². The molecule has 2 rings (SSSR count). The second-order valence-electron chi connectivity index (χ2n) is 4.53. The van der Waals surface area contributed by atoms with Gasteiger partial charge in [-0.2, -0.15) is 0 Å². The van der Waals surface area contributed by atoms with Crippen LogP contribution >= 0.6 is 0 Å². The number of aromatic nitrogens is 1. The van der Waals surface area contributed by atoms with Gasteiger partial charge < -0.3 is 9.84 Å². The molecular weight excluding hydrogens is 266 g/mol. The lowest BCUT2D eigenvalue weighted by atomic mass is 10.1. The predicted octanol–water partition coefficient (Wildman–Crippen LogP) is 3.06. The van der Waals surface area contributed by atoms with Crippen LogP contribution in [0.1, 0.15) is 40.3 Å². The molecular formula is C14H14F2N2O2. The van der Waals surface area contributed by atoms with Crippen LogP contribution in [0.3, 0.4) is 0 Å².